The Bertz CT molecular complexity index is 1410. The van der Waals surface area contributed by atoms with Crippen molar-refractivity contribution >= 4 is 34.4 Å². The number of pyridine rings is 3. The lowest BCUT2D eigenvalue weighted by Crippen LogP contribution is -2.61. The van der Waals surface area contributed by atoms with Crippen molar-refractivity contribution in [3.63, 3.8) is 0 Å². The van der Waals surface area contributed by atoms with Crippen LogP contribution in [0, 0.1) is 17.5 Å². The van der Waals surface area contributed by atoms with Gasteiger partial charge in [0.05, 0.1) is 18.0 Å². The second kappa shape index (κ2) is 8.62. The number of rotatable bonds is 6. The first-order chi connectivity index (χ1) is 16.2. The summed E-state index contributed by atoms with van der Waals surface area (Å²) in [7, 11) is 0. The van der Waals surface area contributed by atoms with E-state index in [0.29, 0.717) is 18.4 Å². The summed E-state index contributed by atoms with van der Waals surface area (Å²) in [6, 6.07) is 0.683. The van der Waals surface area contributed by atoms with Gasteiger partial charge in [-0.3, -0.25) is 9.36 Å². The molecule has 3 aromatic rings. The Labute approximate surface area is 189 Å². The van der Waals surface area contributed by atoms with E-state index in [-0.39, 0.29) is 24.6 Å². The zero-order chi connectivity index (χ0) is 24.7. The maximum atomic E-state index is 15.1. The zero-order valence-corrected chi connectivity index (χ0v) is 17.6. The number of hydrogen-bond acceptors (Lipinski definition) is 9. The van der Waals surface area contributed by atoms with Crippen LogP contribution in [0.4, 0.5) is 24.8 Å². The molecule has 1 aliphatic rings. The molecule has 0 radical (unpaired) electrons. The Morgan fingerprint density at radius 3 is 2.59 bits per heavy atom. The van der Waals surface area contributed by atoms with Crippen LogP contribution in [0.25, 0.3) is 16.9 Å². The molecule has 0 unspecified atom stereocenters. The molecule has 1 fully saturated rings. The molecule has 3 aromatic heterocycles. The van der Waals surface area contributed by atoms with Gasteiger partial charge in [0.25, 0.3) is 0 Å². The number of carbonyl (C=O) groups is 1. The fourth-order valence-corrected chi connectivity index (χ4v) is 3.55. The van der Waals surface area contributed by atoms with E-state index in [0.717, 1.165) is 16.8 Å². The highest BCUT2D eigenvalue weighted by Gasteiger charge is 2.38. The highest BCUT2D eigenvalue weighted by Crippen LogP contribution is 2.29. The van der Waals surface area contributed by atoms with E-state index in [2.05, 4.69) is 15.1 Å². The summed E-state index contributed by atoms with van der Waals surface area (Å²) in [5.41, 5.74) is 9.59. The van der Waals surface area contributed by atoms with Crippen molar-refractivity contribution < 1.29 is 27.9 Å². The van der Waals surface area contributed by atoms with Crippen LogP contribution in [0.1, 0.15) is 17.3 Å². The van der Waals surface area contributed by atoms with Crippen LogP contribution < -0.4 is 21.8 Å². The molecule has 5 N–H and O–H groups in total. The molecule has 0 bridgehead atoms. The number of aromatic carboxylic acids is 1. The first-order valence-electron chi connectivity index (χ1n) is 9.94. The number of halogens is 3. The van der Waals surface area contributed by atoms with E-state index in [1.165, 1.54) is 4.90 Å². The minimum atomic E-state index is -1.65. The summed E-state index contributed by atoms with van der Waals surface area (Å²) < 4.78 is 44.1. The third kappa shape index (κ3) is 3.67. The molecule has 0 aromatic carbocycles. The number of nitrogens with zero attached hydrogens (tertiary/aromatic N) is 5. The summed E-state index contributed by atoms with van der Waals surface area (Å²) >= 11 is 0. The number of oxime groups is 1. The summed E-state index contributed by atoms with van der Waals surface area (Å²) in [5.74, 6) is -6.50. The molecule has 4 heterocycles. The van der Waals surface area contributed by atoms with E-state index >= 15 is 4.39 Å². The molecule has 1 saturated heterocycles. The van der Waals surface area contributed by atoms with Crippen LogP contribution in [0.5, 0.6) is 0 Å². The summed E-state index contributed by atoms with van der Waals surface area (Å²) in [5, 5.41) is 12.9. The Balaban J connectivity index is 1.97. The summed E-state index contributed by atoms with van der Waals surface area (Å²) in [6.07, 6.45) is 0.767. The SMILES string of the molecule is CCO/N=C1\CN(c2nc3c(cc2F)c(=O)c(C(=O)O)cn3-c2nc(N)c(F)cc2F)[C@@H]1CN. The van der Waals surface area contributed by atoms with Gasteiger partial charge in [0.15, 0.2) is 40.6 Å². The smallest absolute Gasteiger partial charge is 0.341 e. The maximum absolute atomic E-state index is 15.1. The highest BCUT2D eigenvalue weighted by molar-refractivity contribution is 6.03. The van der Waals surface area contributed by atoms with Gasteiger partial charge in [-0.1, -0.05) is 5.16 Å². The van der Waals surface area contributed by atoms with E-state index in [9.17, 15) is 23.5 Å². The monoisotopic (exact) mass is 477 g/mol. The number of anilines is 2. The molecule has 1 aliphatic heterocycles. The number of carboxylic acids is 1. The predicted molar refractivity (Wildman–Crippen MR) is 116 cm³/mol. The van der Waals surface area contributed by atoms with Gasteiger partial charge in [0, 0.05) is 18.8 Å². The molecule has 11 nitrogen and oxygen atoms in total. The number of nitrogens with two attached hydrogens (primary N) is 2. The average Bonchev–Trinajstić information content (AvgIpc) is 2.77. The molecule has 0 aliphatic carbocycles. The number of nitrogen functional groups attached to an aromatic ring is 1. The molecule has 0 saturated carbocycles. The van der Waals surface area contributed by atoms with Crippen molar-refractivity contribution in [2.45, 2.75) is 13.0 Å². The number of fused-ring (bicyclic) bond motifs is 1. The number of carboxylic acid groups (broad SMARTS) is 1. The van der Waals surface area contributed by atoms with Gasteiger partial charge in [0.2, 0.25) is 5.43 Å². The Kier molecular flexibility index (Phi) is 5.83. The van der Waals surface area contributed by atoms with Crippen LogP contribution in [-0.4, -0.2) is 57.1 Å². The van der Waals surface area contributed by atoms with Gasteiger partial charge >= 0.3 is 5.97 Å². The van der Waals surface area contributed by atoms with Gasteiger partial charge in [-0.15, -0.1) is 0 Å². The molecule has 178 valence electrons. The van der Waals surface area contributed by atoms with E-state index in [1.54, 1.807) is 6.92 Å². The third-order valence-electron chi connectivity index (χ3n) is 5.21. The van der Waals surface area contributed by atoms with E-state index in [1.807, 2.05) is 0 Å². The number of hydrogen-bond donors (Lipinski definition) is 3. The van der Waals surface area contributed by atoms with Crippen molar-refractivity contribution in [2.75, 3.05) is 30.3 Å². The van der Waals surface area contributed by atoms with Crippen molar-refractivity contribution in [3.8, 4) is 5.82 Å². The molecular formula is C20H18F3N7O4. The largest absolute Gasteiger partial charge is 0.477 e. The van der Waals surface area contributed by atoms with Crippen molar-refractivity contribution in [3.05, 3.63) is 51.6 Å². The zero-order valence-electron chi connectivity index (χ0n) is 17.6. The fraction of sp³-hybridized carbons (Fsp3) is 0.250. The molecule has 34 heavy (non-hydrogen) atoms. The molecule has 14 heteroatoms. The lowest BCUT2D eigenvalue weighted by atomic mass is 10.0. The maximum Gasteiger partial charge on any atom is 0.341 e. The lowest BCUT2D eigenvalue weighted by molar-refractivity contribution is 0.0695. The molecular weight excluding hydrogens is 459 g/mol. The average molecular weight is 477 g/mol. The van der Waals surface area contributed by atoms with Crippen LogP contribution >= 0.6 is 0 Å². The third-order valence-corrected chi connectivity index (χ3v) is 5.21. The van der Waals surface area contributed by atoms with Crippen LogP contribution in [0.2, 0.25) is 0 Å². The molecule has 4 rings (SSSR count). The standard InChI is InChI=1S/C20H18F3N7O4/c1-2-34-28-13-7-29(14(13)5-24)19-11(22)3-8-15(31)9(20(32)33)6-30(17(8)27-19)18-12(23)4-10(21)16(25)26-18/h3-4,6,14H,2,5,7,24H2,1H3,(H2,25,26)(H,32,33)/b28-13+/t14-/m1/s1. The van der Waals surface area contributed by atoms with Gasteiger partial charge in [0.1, 0.15) is 17.9 Å². The predicted octanol–water partition coefficient (Wildman–Crippen LogP) is 1.02. The second-order valence-corrected chi connectivity index (χ2v) is 7.25. The highest BCUT2D eigenvalue weighted by atomic mass is 19.1. The minimum absolute atomic E-state index is 0.0422. The molecule has 1 atom stereocenters. The van der Waals surface area contributed by atoms with Crippen LogP contribution in [0.15, 0.2) is 28.3 Å². The van der Waals surface area contributed by atoms with Crippen LogP contribution in [0.3, 0.4) is 0 Å². The van der Waals surface area contributed by atoms with Crippen molar-refractivity contribution in [2.24, 2.45) is 10.9 Å². The normalized spacial score (nSPS) is 16.7. The first kappa shape index (κ1) is 23.0. The Morgan fingerprint density at radius 2 is 1.94 bits per heavy atom. The topological polar surface area (TPSA) is 162 Å². The van der Waals surface area contributed by atoms with Gasteiger partial charge < -0.3 is 26.3 Å². The Hall–Kier alpha value is -4.20. The van der Waals surface area contributed by atoms with Gasteiger partial charge in [-0.25, -0.2) is 27.9 Å². The first-order valence-corrected chi connectivity index (χ1v) is 9.94. The van der Waals surface area contributed by atoms with E-state index < -0.39 is 57.5 Å². The second-order valence-electron chi connectivity index (χ2n) is 7.25. The van der Waals surface area contributed by atoms with Crippen molar-refractivity contribution in [1.29, 1.82) is 0 Å². The molecule has 0 amide bonds. The quantitative estimate of drug-likeness (QED) is 0.440. The van der Waals surface area contributed by atoms with Gasteiger partial charge in [-0.05, 0) is 13.0 Å². The lowest BCUT2D eigenvalue weighted by Gasteiger charge is -2.42. The van der Waals surface area contributed by atoms with Gasteiger partial charge in [-0.2, -0.15) is 0 Å². The number of aromatic nitrogens is 3. The van der Waals surface area contributed by atoms with E-state index in [4.69, 9.17) is 16.3 Å². The van der Waals surface area contributed by atoms with Crippen molar-refractivity contribution in [1.82, 2.24) is 14.5 Å². The minimum Gasteiger partial charge on any atom is -0.477 e. The van der Waals surface area contributed by atoms with Crippen LogP contribution in [-0.2, 0) is 4.84 Å². The molecule has 0 spiro atoms. The summed E-state index contributed by atoms with van der Waals surface area (Å²) in [6.45, 7) is 2.22. The summed E-state index contributed by atoms with van der Waals surface area (Å²) in [4.78, 5) is 38.6. The fourth-order valence-electron chi connectivity index (χ4n) is 3.55. The Morgan fingerprint density at radius 1 is 1.24 bits per heavy atom.